The molecule has 0 bridgehead atoms. The van der Waals surface area contributed by atoms with Crippen molar-refractivity contribution in [2.24, 2.45) is 5.92 Å². The highest BCUT2D eigenvalue weighted by molar-refractivity contribution is 5.97. The van der Waals surface area contributed by atoms with Crippen molar-refractivity contribution < 1.29 is 14.4 Å². The summed E-state index contributed by atoms with van der Waals surface area (Å²) in [6.45, 7) is 4.72. The van der Waals surface area contributed by atoms with Gasteiger partial charge in [0.1, 0.15) is 6.04 Å². The van der Waals surface area contributed by atoms with Crippen LogP contribution >= 0.6 is 0 Å². The van der Waals surface area contributed by atoms with E-state index in [1.165, 1.54) is 5.56 Å². The normalized spacial score (nSPS) is 17.4. The Labute approximate surface area is 202 Å². The van der Waals surface area contributed by atoms with Crippen LogP contribution in [0.5, 0.6) is 0 Å². The van der Waals surface area contributed by atoms with E-state index in [9.17, 15) is 14.4 Å². The molecule has 0 aliphatic carbocycles. The van der Waals surface area contributed by atoms with Crippen LogP contribution in [-0.4, -0.2) is 59.7 Å². The first-order chi connectivity index (χ1) is 16.5. The molecule has 2 aromatic rings. The first-order valence-electron chi connectivity index (χ1n) is 12.5. The van der Waals surface area contributed by atoms with Gasteiger partial charge in [-0.3, -0.25) is 14.4 Å². The molecule has 6 nitrogen and oxygen atoms in total. The summed E-state index contributed by atoms with van der Waals surface area (Å²) < 4.78 is 0. The molecule has 2 heterocycles. The Balaban J connectivity index is 1.38. The lowest BCUT2D eigenvalue weighted by atomic mass is 9.88. The lowest BCUT2D eigenvalue weighted by Crippen LogP contribution is -2.54. The molecule has 2 aromatic carbocycles. The highest BCUT2D eigenvalue weighted by atomic mass is 16.2. The molecule has 0 spiro atoms. The van der Waals surface area contributed by atoms with Crippen LogP contribution in [0.3, 0.4) is 0 Å². The van der Waals surface area contributed by atoms with E-state index < -0.39 is 6.04 Å². The van der Waals surface area contributed by atoms with Crippen molar-refractivity contribution in [3.63, 3.8) is 0 Å². The van der Waals surface area contributed by atoms with Crippen LogP contribution in [0.25, 0.3) is 0 Å². The van der Waals surface area contributed by atoms with Crippen molar-refractivity contribution in [3.8, 4) is 0 Å². The average Bonchev–Trinajstić information content (AvgIpc) is 3.41. The predicted octanol–water partition coefficient (Wildman–Crippen LogP) is 3.59. The molecular formula is C28H35N3O3. The molecule has 0 radical (unpaired) electrons. The van der Waals surface area contributed by atoms with Gasteiger partial charge >= 0.3 is 0 Å². The van der Waals surface area contributed by atoms with Crippen molar-refractivity contribution >= 4 is 17.7 Å². The molecule has 0 aromatic heterocycles. The Morgan fingerprint density at radius 1 is 0.912 bits per heavy atom. The second-order valence-electron chi connectivity index (χ2n) is 9.56. The van der Waals surface area contributed by atoms with Crippen LogP contribution in [0.1, 0.15) is 53.6 Å². The third-order valence-electron chi connectivity index (χ3n) is 7.08. The summed E-state index contributed by atoms with van der Waals surface area (Å²) >= 11 is 0. The van der Waals surface area contributed by atoms with E-state index in [2.05, 4.69) is 5.32 Å². The van der Waals surface area contributed by atoms with Crippen LogP contribution < -0.4 is 5.32 Å². The molecule has 1 atom stereocenters. The number of likely N-dealkylation sites (tertiary alicyclic amines) is 2. The number of piperidine rings is 1. The predicted molar refractivity (Wildman–Crippen MR) is 132 cm³/mol. The molecule has 0 saturated carbocycles. The van der Waals surface area contributed by atoms with E-state index in [1.54, 1.807) is 6.07 Å². The molecule has 180 valence electrons. The van der Waals surface area contributed by atoms with Gasteiger partial charge in [0.2, 0.25) is 11.8 Å². The maximum Gasteiger partial charge on any atom is 0.251 e. The molecule has 0 unspecified atom stereocenters. The molecule has 2 saturated heterocycles. The van der Waals surface area contributed by atoms with Gasteiger partial charge in [0.25, 0.3) is 5.91 Å². The number of carbonyl (C=O) groups excluding carboxylic acids is 3. The average molecular weight is 462 g/mol. The number of carbonyl (C=O) groups is 3. The molecular weight excluding hydrogens is 426 g/mol. The summed E-state index contributed by atoms with van der Waals surface area (Å²) in [6, 6.07) is 17.0. The minimum absolute atomic E-state index is 0.0207. The summed E-state index contributed by atoms with van der Waals surface area (Å²) in [4.78, 5) is 43.0. The van der Waals surface area contributed by atoms with E-state index in [0.717, 1.165) is 50.8 Å². The Hall–Kier alpha value is -3.15. The Morgan fingerprint density at radius 3 is 2.29 bits per heavy atom. The number of nitrogens with one attached hydrogen (secondary N) is 1. The maximum absolute atomic E-state index is 13.4. The zero-order valence-corrected chi connectivity index (χ0v) is 20.0. The van der Waals surface area contributed by atoms with E-state index in [0.29, 0.717) is 25.1 Å². The highest BCUT2D eigenvalue weighted by Crippen LogP contribution is 2.25. The Bertz CT molecular complexity index is 993. The van der Waals surface area contributed by atoms with Crippen molar-refractivity contribution in [2.45, 2.75) is 51.5 Å². The second-order valence-corrected chi connectivity index (χ2v) is 9.56. The van der Waals surface area contributed by atoms with Gasteiger partial charge in [0.05, 0.1) is 0 Å². The van der Waals surface area contributed by atoms with E-state index in [1.807, 2.05) is 65.3 Å². The van der Waals surface area contributed by atoms with E-state index >= 15 is 0 Å². The SMILES string of the molecule is Cc1cccc(C(=O)N[C@H](C(=O)N2CCCC2)C2CCN(C(=O)CCc3ccccc3)CC2)c1. The van der Waals surface area contributed by atoms with Crippen molar-refractivity contribution in [1.82, 2.24) is 15.1 Å². The van der Waals surface area contributed by atoms with Crippen LogP contribution in [0.4, 0.5) is 0 Å². The molecule has 3 amide bonds. The number of benzene rings is 2. The third kappa shape index (κ3) is 6.04. The van der Waals surface area contributed by atoms with Gasteiger partial charge in [-0.05, 0) is 62.6 Å². The van der Waals surface area contributed by atoms with Crippen LogP contribution in [0, 0.1) is 12.8 Å². The van der Waals surface area contributed by atoms with Gasteiger partial charge in [0.15, 0.2) is 0 Å². The van der Waals surface area contributed by atoms with Crippen molar-refractivity contribution in [1.29, 1.82) is 0 Å². The number of hydrogen-bond donors (Lipinski definition) is 1. The summed E-state index contributed by atoms with van der Waals surface area (Å²) in [5.41, 5.74) is 2.76. The van der Waals surface area contributed by atoms with Gasteiger partial charge in [-0.15, -0.1) is 0 Å². The monoisotopic (exact) mass is 461 g/mol. The maximum atomic E-state index is 13.4. The Morgan fingerprint density at radius 2 is 1.62 bits per heavy atom. The highest BCUT2D eigenvalue weighted by Gasteiger charge is 2.36. The minimum Gasteiger partial charge on any atom is -0.343 e. The smallest absolute Gasteiger partial charge is 0.251 e. The largest absolute Gasteiger partial charge is 0.343 e. The van der Waals surface area contributed by atoms with Gasteiger partial charge < -0.3 is 15.1 Å². The van der Waals surface area contributed by atoms with Crippen molar-refractivity contribution in [2.75, 3.05) is 26.2 Å². The fourth-order valence-corrected chi connectivity index (χ4v) is 5.06. The molecule has 2 aliphatic heterocycles. The molecule has 4 rings (SSSR count). The zero-order chi connectivity index (χ0) is 23.9. The number of hydrogen-bond acceptors (Lipinski definition) is 3. The zero-order valence-electron chi connectivity index (χ0n) is 20.0. The molecule has 2 aliphatic rings. The fourth-order valence-electron chi connectivity index (χ4n) is 5.06. The summed E-state index contributed by atoms with van der Waals surface area (Å²) in [5.74, 6) is 0.00326. The third-order valence-corrected chi connectivity index (χ3v) is 7.08. The number of nitrogens with zero attached hydrogens (tertiary/aromatic N) is 2. The van der Waals surface area contributed by atoms with E-state index in [-0.39, 0.29) is 23.6 Å². The van der Waals surface area contributed by atoms with Gasteiger partial charge in [-0.25, -0.2) is 0 Å². The first-order valence-corrected chi connectivity index (χ1v) is 12.5. The number of rotatable bonds is 7. The standard InChI is InChI=1S/C28H35N3O3/c1-21-8-7-11-24(20-21)27(33)29-26(28(34)31-16-5-6-17-31)23-14-18-30(19-15-23)25(32)13-12-22-9-3-2-4-10-22/h2-4,7-11,20,23,26H,5-6,12-19H2,1H3,(H,29,33)/t26-/m0/s1. The van der Waals surface area contributed by atoms with E-state index in [4.69, 9.17) is 0 Å². The van der Waals surface area contributed by atoms with Crippen LogP contribution in [0.2, 0.25) is 0 Å². The Kier molecular flexibility index (Phi) is 7.99. The van der Waals surface area contributed by atoms with Gasteiger partial charge in [0, 0.05) is 38.2 Å². The lowest BCUT2D eigenvalue weighted by molar-refractivity contribution is -0.135. The molecule has 6 heteroatoms. The molecule has 2 fully saturated rings. The fraction of sp³-hybridized carbons (Fsp3) is 0.464. The summed E-state index contributed by atoms with van der Waals surface area (Å²) in [6.07, 6.45) is 4.69. The summed E-state index contributed by atoms with van der Waals surface area (Å²) in [5, 5.41) is 3.06. The quantitative estimate of drug-likeness (QED) is 0.685. The van der Waals surface area contributed by atoms with Gasteiger partial charge in [-0.1, -0.05) is 48.0 Å². The van der Waals surface area contributed by atoms with Crippen molar-refractivity contribution in [3.05, 3.63) is 71.3 Å². The summed E-state index contributed by atoms with van der Waals surface area (Å²) in [7, 11) is 0. The molecule has 34 heavy (non-hydrogen) atoms. The lowest BCUT2D eigenvalue weighted by Gasteiger charge is -2.37. The number of amides is 3. The number of aryl methyl sites for hydroxylation is 2. The van der Waals surface area contributed by atoms with Crippen LogP contribution in [0.15, 0.2) is 54.6 Å². The molecule has 1 N–H and O–H groups in total. The second kappa shape index (κ2) is 11.3. The van der Waals surface area contributed by atoms with Gasteiger partial charge in [-0.2, -0.15) is 0 Å². The minimum atomic E-state index is -0.548. The first kappa shape index (κ1) is 24.0. The van der Waals surface area contributed by atoms with Crippen LogP contribution in [-0.2, 0) is 16.0 Å². The topological polar surface area (TPSA) is 69.7 Å².